The first-order chi connectivity index (χ1) is 7.74. The molecule has 0 N–H and O–H groups in total. The van der Waals surface area contributed by atoms with Crippen LogP contribution in [0.15, 0.2) is 0 Å². The third-order valence-corrected chi connectivity index (χ3v) is 4.19. The summed E-state index contributed by atoms with van der Waals surface area (Å²) in [6.07, 6.45) is 4.44. The van der Waals surface area contributed by atoms with Crippen molar-refractivity contribution in [3.8, 4) is 0 Å². The summed E-state index contributed by atoms with van der Waals surface area (Å²) in [6, 6.07) is 0. The molecule has 4 heteroatoms. The van der Waals surface area contributed by atoms with Crippen LogP contribution in [0.25, 0.3) is 0 Å². The number of carbonyl (C=O) groups excluding carboxylic acids is 2. The minimum absolute atomic E-state index is 0.0483. The predicted molar refractivity (Wildman–Crippen MR) is 54.4 cm³/mol. The summed E-state index contributed by atoms with van der Waals surface area (Å²) in [6.45, 7) is 0.382. The number of carbonyl (C=O) groups is 2. The highest BCUT2D eigenvalue weighted by Crippen LogP contribution is 2.48. The van der Waals surface area contributed by atoms with Gasteiger partial charge in [0.05, 0.1) is 12.5 Å². The fourth-order valence-electron chi connectivity index (χ4n) is 3.35. The summed E-state index contributed by atoms with van der Waals surface area (Å²) in [4.78, 5) is 23.1. The number of hydrogen-bond donors (Lipinski definition) is 0. The van der Waals surface area contributed by atoms with Crippen molar-refractivity contribution in [3.63, 3.8) is 0 Å². The van der Waals surface area contributed by atoms with Crippen molar-refractivity contribution in [2.45, 2.75) is 38.2 Å². The summed E-state index contributed by atoms with van der Waals surface area (Å²) in [5, 5.41) is 0. The zero-order chi connectivity index (χ0) is 11.1. The van der Waals surface area contributed by atoms with E-state index in [-0.39, 0.29) is 17.9 Å². The molecule has 4 nitrogen and oxygen atoms in total. The van der Waals surface area contributed by atoms with E-state index >= 15 is 0 Å². The van der Waals surface area contributed by atoms with Gasteiger partial charge in [-0.15, -0.1) is 0 Å². The van der Waals surface area contributed by atoms with E-state index in [1.54, 1.807) is 0 Å². The summed E-state index contributed by atoms with van der Waals surface area (Å²) in [5.41, 5.74) is 0. The van der Waals surface area contributed by atoms with Gasteiger partial charge < -0.3 is 9.47 Å². The lowest BCUT2D eigenvalue weighted by Gasteiger charge is -2.21. The van der Waals surface area contributed by atoms with Crippen LogP contribution in [-0.4, -0.2) is 24.6 Å². The molecule has 1 heterocycles. The lowest BCUT2D eigenvalue weighted by molar-refractivity contribution is -0.164. The number of cyclic esters (lactones) is 1. The quantitative estimate of drug-likeness (QED) is 0.663. The minimum Gasteiger partial charge on any atom is -0.463 e. The Balaban J connectivity index is 1.59. The Hall–Kier alpha value is -1.06. The summed E-state index contributed by atoms with van der Waals surface area (Å²) >= 11 is 0. The molecule has 3 aliphatic rings. The van der Waals surface area contributed by atoms with Crippen molar-refractivity contribution < 1.29 is 19.1 Å². The number of rotatable bonds is 2. The molecular formula is C12H16O4. The van der Waals surface area contributed by atoms with Crippen molar-refractivity contribution in [2.75, 3.05) is 6.61 Å². The normalized spacial score (nSPS) is 41.1. The second-order valence-corrected chi connectivity index (χ2v) is 5.16. The zero-order valence-electron chi connectivity index (χ0n) is 9.19. The van der Waals surface area contributed by atoms with E-state index in [0.29, 0.717) is 18.9 Å². The molecule has 0 spiro atoms. The van der Waals surface area contributed by atoms with Gasteiger partial charge in [0, 0.05) is 6.42 Å². The van der Waals surface area contributed by atoms with Crippen LogP contribution < -0.4 is 0 Å². The molecule has 0 aromatic rings. The second kappa shape index (κ2) is 3.75. The van der Waals surface area contributed by atoms with Gasteiger partial charge in [0.15, 0.2) is 0 Å². The van der Waals surface area contributed by atoms with Gasteiger partial charge in [-0.25, -0.2) is 4.79 Å². The summed E-state index contributed by atoms with van der Waals surface area (Å²) < 4.78 is 10.0. The molecule has 4 atom stereocenters. The maximum Gasteiger partial charge on any atom is 0.347 e. The molecule has 0 aromatic heterocycles. The first kappa shape index (κ1) is 10.1. The second-order valence-electron chi connectivity index (χ2n) is 5.16. The van der Waals surface area contributed by atoms with Crippen LogP contribution in [0.1, 0.15) is 32.1 Å². The van der Waals surface area contributed by atoms with Gasteiger partial charge in [0.2, 0.25) is 6.10 Å². The Morgan fingerprint density at radius 3 is 2.69 bits per heavy atom. The number of ether oxygens (including phenoxy) is 2. The van der Waals surface area contributed by atoms with E-state index < -0.39 is 6.10 Å². The maximum atomic E-state index is 11.9. The molecule has 16 heavy (non-hydrogen) atoms. The Morgan fingerprint density at radius 1 is 1.25 bits per heavy atom. The Bertz CT molecular complexity index is 325. The SMILES string of the molecule is O=C1OCCC1OC(=O)C1CC2CCC1C2. The molecule has 0 amide bonds. The Morgan fingerprint density at radius 2 is 2.12 bits per heavy atom. The monoisotopic (exact) mass is 224 g/mol. The number of hydrogen-bond acceptors (Lipinski definition) is 4. The van der Waals surface area contributed by atoms with E-state index in [2.05, 4.69) is 0 Å². The van der Waals surface area contributed by atoms with Crippen molar-refractivity contribution >= 4 is 11.9 Å². The molecule has 2 bridgehead atoms. The minimum atomic E-state index is -0.633. The van der Waals surface area contributed by atoms with Crippen molar-refractivity contribution in [2.24, 2.45) is 17.8 Å². The first-order valence-corrected chi connectivity index (χ1v) is 6.11. The summed E-state index contributed by atoms with van der Waals surface area (Å²) in [7, 11) is 0. The predicted octanol–water partition coefficient (Wildman–Crippen LogP) is 1.28. The molecule has 0 radical (unpaired) electrons. The standard InChI is InChI=1S/C12H16O4/c13-11(16-10-3-4-15-12(10)14)9-6-7-1-2-8(9)5-7/h7-10H,1-6H2. The molecule has 3 rings (SSSR count). The smallest absolute Gasteiger partial charge is 0.347 e. The van der Waals surface area contributed by atoms with Crippen LogP contribution in [0.4, 0.5) is 0 Å². The molecule has 1 aliphatic heterocycles. The van der Waals surface area contributed by atoms with Crippen LogP contribution in [0.5, 0.6) is 0 Å². The average Bonchev–Trinajstić information content (AvgIpc) is 2.95. The maximum absolute atomic E-state index is 11.9. The third kappa shape index (κ3) is 1.60. The fraction of sp³-hybridized carbons (Fsp3) is 0.833. The van der Waals surface area contributed by atoms with Crippen LogP contribution in [0.3, 0.4) is 0 Å². The lowest BCUT2D eigenvalue weighted by atomic mass is 9.89. The highest BCUT2D eigenvalue weighted by atomic mass is 16.6. The van der Waals surface area contributed by atoms with E-state index in [9.17, 15) is 9.59 Å². The van der Waals surface area contributed by atoms with E-state index in [0.717, 1.165) is 18.8 Å². The molecular weight excluding hydrogens is 208 g/mol. The molecule has 3 fully saturated rings. The van der Waals surface area contributed by atoms with Crippen LogP contribution in [0, 0.1) is 17.8 Å². The highest BCUT2D eigenvalue weighted by molar-refractivity contribution is 5.81. The fourth-order valence-corrected chi connectivity index (χ4v) is 3.35. The van der Waals surface area contributed by atoms with Crippen LogP contribution >= 0.6 is 0 Å². The van der Waals surface area contributed by atoms with Gasteiger partial charge >= 0.3 is 11.9 Å². The molecule has 1 saturated heterocycles. The zero-order valence-corrected chi connectivity index (χ0v) is 9.19. The summed E-state index contributed by atoms with van der Waals surface area (Å²) in [5.74, 6) is 0.729. The van der Waals surface area contributed by atoms with Gasteiger partial charge in [-0.3, -0.25) is 4.79 Å². The van der Waals surface area contributed by atoms with Crippen molar-refractivity contribution in [1.29, 1.82) is 0 Å². The van der Waals surface area contributed by atoms with Crippen molar-refractivity contribution in [3.05, 3.63) is 0 Å². The molecule has 88 valence electrons. The van der Waals surface area contributed by atoms with Gasteiger partial charge in [-0.05, 0) is 31.1 Å². The van der Waals surface area contributed by atoms with E-state index in [1.165, 1.54) is 12.8 Å². The third-order valence-electron chi connectivity index (χ3n) is 4.19. The van der Waals surface area contributed by atoms with Gasteiger partial charge in [0.1, 0.15) is 0 Å². The lowest BCUT2D eigenvalue weighted by Crippen LogP contribution is -2.29. The Kier molecular flexibility index (Phi) is 2.37. The van der Waals surface area contributed by atoms with Gasteiger partial charge in [-0.1, -0.05) is 6.42 Å². The number of esters is 2. The van der Waals surface area contributed by atoms with Crippen LogP contribution in [0.2, 0.25) is 0 Å². The largest absolute Gasteiger partial charge is 0.463 e. The van der Waals surface area contributed by atoms with E-state index in [1.807, 2.05) is 0 Å². The molecule has 2 aliphatic carbocycles. The Labute approximate surface area is 94.3 Å². The van der Waals surface area contributed by atoms with Crippen LogP contribution in [-0.2, 0) is 19.1 Å². The molecule has 2 saturated carbocycles. The molecule has 0 aromatic carbocycles. The van der Waals surface area contributed by atoms with Gasteiger partial charge in [0.25, 0.3) is 0 Å². The van der Waals surface area contributed by atoms with Crippen molar-refractivity contribution in [1.82, 2.24) is 0 Å². The average molecular weight is 224 g/mol. The molecule has 4 unspecified atom stereocenters. The number of fused-ring (bicyclic) bond motifs is 2. The van der Waals surface area contributed by atoms with Gasteiger partial charge in [-0.2, -0.15) is 0 Å². The topological polar surface area (TPSA) is 52.6 Å². The highest BCUT2D eigenvalue weighted by Gasteiger charge is 2.45. The first-order valence-electron chi connectivity index (χ1n) is 6.11. The van der Waals surface area contributed by atoms with E-state index in [4.69, 9.17) is 9.47 Å².